The number of rotatable bonds is 6. The first-order chi connectivity index (χ1) is 15.0. The fourth-order valence-corrected chi connectivity index (χ4v) is 8.73. The van der Waals surface area contributed by atoms with Crippen LogP contribution in [0.15, 0.2) is 0 Å². The van der Waals surface area contributed by atoms with Gasteiger partial charge in [0.25, 0.3) is 0 Å². The fraction of sp³-hybridized carbons (Fsp3) is 0.958. The first-order valence-electron chi connectivity index (χ1n) is 12.5. The third kappa shape index (κ3) is 4.67. The van der Waals surface area contributed by atoms with Crippen molar-refractivity contribution in [2.75, 3.05) is 6.61 Å². The van der Waals surface area contributed by atoms with Gasteiger partial charge in [0.2, 0.25) is 0 Å². The number of fused-ring (bicyclic) bond motifs is 5. The molecule has 4 rings (SSSR count). The Balaban J connectivity index is 1.48. The molecular formula is C24H40O7S. The van der Waals surface area contributed by atoms with E-state index in [4.69, 9.17) is 4.55 Å². The van der Waals surface area contributed by atoms with Crippen molar-refractivity contribution in [2.24, 2.45) is 46.8 Å². The summed E-state index contributed by atoms with van der Waals surface area (Å²) < 4.78 is 34.8. The summed E-state index contributed by atoms with van der Waals surface area (Å²) in [6.07, 6.45) is 7.16. The van der Waals surface area contributed by atoms with Crippen molar-refractivity contribution in [3.8, 4) is 0 Å². The fourth-order valence-electron chi connectivity index (χ4n) is 8.41. The predicted molar refractivity (Wildman–Crippen MR) is 119 cm³/mol. The molecule has 3 N–H and O–H groups in total. The second-order valence-electron chi connectivity index (χ2n) is 11.4. The summed E-state index contributed by atoms with van der Waals surface area (Å²) in [6, 6.07) is 0. The molecule has 0 radical (unpaired) electrons. The van der Waals surface area contributed by atoms with E-state index in [0.29, 0.717) is 55.6 Å². The molecule has 4 saturated carbocycles. The molecule has 32 heavy (non-hydrogen) atoms. The summed E-state index contributed by atoms with van der Waals surface area (Å²) in [7, 11) is -4.40. The van der Waals surface area contributed by atoms with Crippen molar-refractivity contribution in [2.45, 2.75) is 90.3 Å². The van der Waals surface area contributed by atoms with E-state index >= 15 is 0 Å². The van der Waals surface area contributed by atoms with Crippen LogP contribution in [0.3, 0.4) is 0 Å². The van der Waals surface area contributed by atoms with E-state index in [-0.39, 0.29) is 35.7 Å². The number of carbonyl (C=O) groups excluding carboxylic acids is 1. The highest BCUT2D eigenvalue weighted by atomic mass is 32.3. The largest absolute Gasteiger partial charge is 0.397 e. The van der Waals surface area contributed by atoms with Gasteiger partial charge >= 0.3 is 10.4 Å². The minimum absolute atomic E-state index is 0.0233. The molecule has 0 aromatic heterocycles. The van der Waals surface area contributed by atoms with E-state index in [9.17, 15) is 23.4 Å². The maximum Gasteiger partial charge on any atom is 0.397 e. The Morgan fingerprint density at radius 1 is 1.16 bits per heavy atom. The molecule has 10 atom stereocenters. The summed E-state index contributed by atoms with van der Waals surface area (Å²) in [5, 5.41) is 22.7. The van der Waals surface area contributed by atoms with E-state index < -0.39 is 22.6 Å². The molecule has 7 nitrogen and oxygen atoms in total. The highest BCUT2D eigenvalue weighted by Crippen LogP contribution is 2.63. The van der Waals surface area contributed by atoms with E-state index in [0.717, 1.165) is 32.1 Å². The van der Waals surface area contributed by atoms with Gasteiger partial charge < -0.3 is 10.2 Å². The Morgan fingerprint density at radius 3 is 2.59 bits per heavy atom. The maximum atomic E-state index is 12.1. The second-order valence-corrected chi connectivity index (χ2v) is 12.5. The number of aliphatic hydroxyl groups is 2. The van der Waals surface area contributed by atoms with E-state index in [1.807, 2.05) is 0 Å². The quantitative estimate of drug-likeness (QED) is 0.400. The number of ketones is 1. The average molecular weight is 473 g/mol. The van der Waals surface area contributed by atoms with Crippen molar-refractivity contribution in [1.82, 2.24) is 0 Å². The molecule has 8 unspecified atom stereocenters. The van der Waals surface area contributed by atoms with Gasteiger partial charge in [-0.3, -0.25) is 9.35 Å². The lowest BCUT2D eigenvalue weighted by Gasteiger charge is -2.62. The predicted octanol–water partition coefficient (Wildman–Crippen LogP) is 3.39. The Hall–Kier alpha value is -0.540. The summed E-state index contributed by atoms with van der Waals surface area (Å²) in [6.45, 7) is 4.44. The van der Waals surface area contributed by atoms with Crippen LogP contribution in [0.25, 0.3) is 0 Å². The molecule has 0 bridgehead atoms. The summed E-state index contributed by atoms with van der Waals surface area (Å²) in [5.41, 5.74) is 0.0233. The summed E-state index contributed by atoms with van der Waals surface area (Å²) >= 11 is 0. The molecule has 4 aliphatic carbocycles. The van der Waals surface area contributed by atoms with Crippen LogP contribution < -0.4 is 0 Å². The lowest BCUT2D eigenvalue weighted by molar-refractivity contribution is -0.192. The Morgan fingerprint density at radius 2 is 1.88 bits per heavy atom. The van der Waals surface area contributed by atoms with Crippen LogP contribution in [0, 0.1) is 46.8 Å². The van der Waals surface area contributed by atoms with Crippen LogP contribution in [0.4, 0.5) is 0 Å². The van der Waals surface area contributed by atoms with E-state index in [2.05, 4.69) is 18.0 Å². The molecule has 0 saturated heterocycles. The third-order valence-corrected chi connectivity index (χ3v) is 10.4. The van der Waals surface area contributed by atoms with Gasteiger partial charge in [-0.2, -0.15) is 8.42 Å². The highest BCUT2D eigenvalue weighted by Gasteiger charge is 2.60. The standard InChI is InChI=1S/C24H40O7S/c1-14(5-4-10-31-32(28,29)30)17-6-3-7-18-22(17)21(27)13-19-23(18)20(26)12-15-11-16(25)8-9-24(15,19)2/h14-15,17-23,26-27H,3-13H2,1-2H3,(H,28,29,30)/t14?,15-,17?,18?,19?,20?,21?,22?,23?,24+/m1/s1. The van der Waals surface area contributed by atoms with Gasteiger partial charge in [0, 0.05) is 12.8 Å². The van der Waals surface area contributed by atoms with Gasteiger partial charge in [0.15, 0.2) is 0 Å². The van der Waals surface area contributed by atoms with Crippen LogP contribution in [-0.2, 0) is 19.4 Å². The van der Waals surface area contributed by atoms with E-state index in [1.54, 1.807) is 0 Å². The number of Topliss-reactive ketones (excluding diaryl/α,β-unsaturated/α-hetero) is 1. The molecule has 8 heteroatoms. The van der Waals surface area contributed by atoms with Gasteiger partial charge in [-0.05, 0) is 91.8 Å². The molecule has 0 spiro atoms. The Kier molecular flexibility index (Phi) is 7.11. The normalized spacial score (nSPS) is 45.5. The third-order valence-electron chi connectivity index (χ3n) is 9.90. The van der Waals surface area contributed by atoms with Crippen LogP contribution in [0.5, 0.6) is 0 Å². The highest BCUT2D eigenvalue weighted by molar-refractivity contribution is 7.80. The SMILES string of the molecule is CC(CCCOS(=O)(=O)O)C1CCCC2C1C(O)CC1C2C(O)C[C@H]2CC(=O)CC[C@]12C. The van der Waals surface area contributed by atoms with Crippen molar-refractivity contribution in [1.29, 1.82) is 0 Å². The zero-order valence-electron chi connectivity index (χ0n) is 19.4. The average Bonchev–Trinajstić information content (AvgIpc) is 2.71. The molecule has 184 valence electrons. The first kappa shape index (κ1) is 24.6. The van der Waals surface area contributed by atoms with E-state index in [1.165, 1.54) is 0 Å². The lowest BCUT2D eigenvalue weighted by Crippen LogP contribution is -2.61. The van der Waals surface area contributed by atoms with Crippen molar-refractivity contribution in [3.05, 3.63) is 0 Å². The smallest absolute Gasteiger partial charge is 0.393 e. The number of aliphatic hydroxyl groups excluding tert-OH is 2. The molecule has 0 aliphatic heterocycles. The lowest BCUT2D eigenvalue weighted by atomic mass is 9.43. The van der Waals surface area contributed by atoms with Crippen LogP contribution in [0.2, 0.25) is 0 Å². The Bertz CT molecular complexity index is 798. The van der Waals surface area contributed by atoms with Gasteiger partial charge in [0.05, 0.1) is 18.8 Å². The van der Waals surface area contributed by atoms with Crippen molar-refractivity contribution < 1.29 is 32.2 Å². The molecule has 0 heterocycles. The molecule has 0 aromatic carbocycles. The van der Waals surface area contributed by atoms with Crippen LogP contribution in [0.1, 0.15) is 78.1 Å². The second kappa shape index (κ2) is 9.25. The molecule has 0 amide bonds. The van der Waals surface area contributed by atoms with Gasteiger partial charge in [0.1, 0.15) is 5.78 Å². The number of hydrogen-bond acceptors (Lipinski definition) is 6. The van der Waals surface area contributed by atoms with Crippen molar-refractivity contribution >= 4 is 16.2 Å². The summed E-state index contributed by atoms with van der Waals surface area (Å²) in [5.74, 6) is 2.08. The monoisotopic (exact) mass is 472 g/mol. The molecule has 0 aromatic rings. The maximum absolute atomic E-state index is 12.1. The Labute approximate surface area is 192 Å². The zero-order valence-corrected chi connectivity index (χ0v) is 20.2. The zero-order chi connectivity index (χ0) is 23.3. The number of hydrogen-bond donors (Lipinski definition) is 3. The van der Waals surface area contributed by atoms with Gasteiger partial charge in [-0.25, -0.2) is 4.18 Å². The van der Waals surface area contributed by atoms with Crippen LogP contribution in [-0.4, -0.2) is 47.8 Å². The minimum Gasteiger partial charge on any atom is -0.393 e. The van der Waals surface area contributed by atoms with Crippen molar-refractivity contribution in [3.63, 3.8) is 0 Å². The first-order valence-corrected chi connectivity index (χ1v) is 13.9. The molecule has 4 aliphatic rings. The van der Waals surface area contributed by atoms with Crippen LogP contribution >= 0.6 is 0 Å². The van der Waals surface area contributed by atoms with Gasteiger partial charge in [-0.1, -0.05) is 20.3 Å². The molecular weight excluding hydrogens is 432 g/mol. The minimum atomic E-state index is -4.40. The number of carbonyl (C=O) groups is 1. The topological polar surface area (TPSA) is 121 Å². The summed E-state index contributed by atoms with van der Waals surface area (Å²) in [4.78, 5) is 12.1. The molecule has 4 fully saturated rings. The van der Waals surface area contributed by atoms with Gasteiger partial charge in [-0.15, -0.1) is 0 Å².